The van der Waals surface area contributed by atoms with Gasteiger partial charge in [0, 0.05) is 12.4 Å². The van der Waals surface area contributed by atoms with E-state index in [2.05, 4.69) is 15.7 Å². The quantitative estimate of drug-likeness (QED) is 0.548. The lowest BCUT2D eigenvalue weighted by Gasteiger charge is -1.83. The van der Waals surface area contributed by atoms with Gasteiger partial charge in [-0.25, -0.2) is 4.79 Å². The first kappa shape index (κ1) is 8.19. The van der Waals surface area contributed by atoms with Crippen molar-refractivity contribution in [3.63, 3.8) is 0 Å². The van der Waals surface area contributed by atoms with Crippen LogP contribution in [-0.2, 0) is 0 Å². The number of nitrogens with zero attached hydrogens (tertiary/aromatic N) is 2. The van der Waals surface area contributed by atoms with Crippen LogP contribution < -0.4 is 5.73 Å². The van der Waals surface area contributed by atoms with E-state index in [9.17, 15) is 0 Å². The molecule has 0 unspecified atom stereocenters. The lowest BCUT2D eigenvalue weighted by molar-refractivity contribution is 0.205. The largest absolute Gasteiger partial charge is 0.465 e. The highest BCUT2D eigenvalue weighted by molar-refractivity contribution is 5.88. The van der Waals surface area contributed by atoms with Crippen LogP contribution >= 0.6 is 0 Å². The fourth-order valence-electron chi connectivity index (χ4n) is 0.765. The number of fused-ring (bicyclic) bond motifs is 1. The van der Waals surface area contributed by atoms with E-state index >= 15 is 0 Å². The van der Waals surface area contributed by atoms with E-state index in [4.69, 9.17) is 9.90 Å². The van der Waals surface area contributed by atoms with Crippen molar-refractivity contribution < 1.29 is 9.90 Å². The average molecular weight is 165 g/mol. The first-order chi connectivity index (χ1) is 5.70. The van der Waals surface area contributed by atoms with Crippen LogP contribution in [0.5, 0.6) is 0 Å². The summed E-state index contributed by atoms with van der Waals surface area (Å²) in [6, 6.07) is 0. The van der Waals surface area contributed by atoms with Crippen molar-refractivity contribution >= 4 is 18.5 Å². The maximum Gasteiger partial charge on any atom is 0.402 e. The van der Waals surface area contributed by atoms with Gasteiger partial charge in [0.25, 0.3) is 0 Å². The van der Waals surface area contributed by atoms with Crippen LogP contribution in [0.1, 0.15) is 0 Å². The third-order valence-corrected chi connectivity index (χ3v) is 1.15. The molecule has 0 aromatic heterocycles. The zero-order valence-electron chi connectivity index (χ0n) is 6.14. The lowest BCUT2D eigenvalue weighted by atomic mass is 10.4. The number of rotatable bonds is 0. The van der Waals surface area contributed by atoms with Gasteiger partial charge < -0.3 is 10.8 Å². The summed E-state index contributed by atoms with van der Waals surface area (Å²) in [5.74, 6) is 0. The van der Waals surface area contributed by atoms with Crippen molar-refractivity contribution in [3.8, 4) is 0 Å². The van der Waals surface area contributed by atoms with Crippen molar-refractivity contribution in [2.24, 2.45) is 15.7 Å². The molecule has 62 valence electrons. The van der Waals surface area contributed by atoms with Crippen molar-refractivity contribution in [1.29, 1.82) is 0 Å². The second-order valence-electron chi connectivity index (χ2n) is 2.00. The highest BCUT2D eigenvalue weighted by Gasteiger charge is 2.07. The Kier molecular flexibility index (Phi) is 2.37. The molecule has 0 radical (unpaired) electrons. The molecule has 3 N–H and O–H groups in total. The molecule has 0 saturated heterocycles. The molecule has 1 amide bonds. The standard InChI is InChI=1S/C6H4N2.CH3NO2/c1-3-7-6-2-4-8-5(1)6;2-1(3)4/h1-4H;2H2,(H,3,4). The summed E-state index contributed by atoms with van der Waals surface area (Å²) in [5.41, 5.74) is 6.01. The maximum atomic E-state index is 8.78. The molecule has 0 atom stereocenters. The molecule has 5 heteroatoms. The fourth-order valence-corrected chi connectivity index (χ4v) is 0.765. The molecular weight excluding hydrogens is 158 g/mol. The van der Waals surface area contributed by atoms with E-state index in [0.717, 1.165) is 11.4 Å². The first-order valence-corrected chi connectivity index (χ1v) is 3.17. The van der Waals surface area contributed by atoms with E-state index < -0.39 is 6.09 Å². The summed E-state index contributed by atoms with van der Waals surface area (Å²) >= 11 is 0. The molecule has 0 aliphatic carbocycles. The van der Waals surface area contributed by atoms with E-state index in [-0.39, 0.29) is 0 Å². The minimum absolute atomic E-state index is 0.991. The number of carbonyl (C=O) groups is 1. The number of aliphatic imine (C=N–C) groups is 2. The van der Waals surface area contributed by atoms with Gasteiger partial charge in [-0.1, -0.05) is 0 Å². The van der Waals surface area contributed by atoms with Gasteiger partial charge >= 0.3 is 6.09 Å². The van der Waals surface area contributed by atoms with Crippen LogP contribution in [0.3, 0.4) is 0 Å². The van der Waals surface area contributed by atoms with Gasteiger partial charge in [-0.05, 0) is 12.2 Å². The molecule has 5 nitrogen and oxygen atoms in total. The van der Waals surface area contributed by atoms with Crippen LogP contribution in [0.2, 0.25) is 0 Å². The number of nitrogens with two attached hydrogens (primary N) is 1. The molecule has 2 rings (SSSR count). The normalized spacial score (nSPS) is 16.0. The zero-order valence-corrected chi connectivity index (χ0v) is 6.14. The van der Waals surface area contributed by atoms with Crippen molar-refractivity contribution in [2.75, 3.05) is 0 Å². The molecule has 0 spiro atoms. The topological polar surface area (TPSA) is 88.0 Å². The van der Waals surface area contributed by atoms with E-state index in [1.807, 2.05) is 12.2 Å². The minimum Gasteiger partial charge on any atom is -0.465 e. The molecule has 0 aromatic rings. The Balaban J connectivity index is 0.000000157. The summed E-state index contributed by atoms with van der Waals surface area (Å²) in [4.78, 5) is 16.8. The molecule has 2 heterocycles. The predicted octanol–water partition coefficient (Wildman–Crippen LogP) is 0.546. The molecular formula is C7H7N3O2. The van der Waals surface area contributed by atoms with E-state index in [0.29, 0.717) is 0 Å². The average Bonchev–Trinajstić information content (AvgIpc) is 2.40. The van der Waals surface area contributed by atoms with Gasteiger partial charge in [0.15, 0.2) is 0 Å². The zero-order chi connectivity index (χ0) is 8.97. The van der Waals surface area contributed by atoms with Crippen LogP contribution in [0.4, 0.5) is 4.79 Å². The van der Waals surface area contributed by atoms with E-state index in [1.54, 1.807) is 12.4 Å². The highest BCUT2D eigenvalue weighted by Crippen LogP contribution is 2.19. The third-order valence-electron chi connectivity index (χ3n) is 1.15. The number of allylic oxidation sites excluding steroid dienone is 2. The van der Waals surface area contributed by atoms with Crippen LogP contribution in [-0.4, -0.2) is 23.6 Å². The van der Waals surface area contributed by atoms with Crippen LogP contribution in [0, 0.1) is 0 Å². The van der Waals surface area contributed by atoms with Crippen LogP contribution in [0.25, 0.3) is 0 Å². The number of carboxylic acid groups (broad SMARTS) is 1. The van der Waals surface area contributed by atoms with Gasteiger partial charge in [0.05, 0.1) is 11.4 Å². The SMILES string of the molecule is C1=NC2=CC=NC2=C1.NC(=O)O. The fraction of sp³-hybridized carbons (Fsp3) is 0. The Morgan fingerprint density at radius 3 is 1.92 bits per heavy atom. The summed E-state index contributed by atoms with van der Waals surface area (Å²) in [6.07, 6.45) is 5.99. The van der Waals surface area contributed by atoms with E-state index in [1.165, 1.54) is 0 Å². The second kappa shape index (κ2) is 3.47. The highest BCUT2D eigenvalue weighted by atomic mass is 16.4. The molecule has 0 bridgehead atoms. The number of hydrogen-bond donors (Lipinski definition) is 2. The van der Waals surface area contributed by atoms with Crippen molar-refractivity contribution in [3.05, 3.63) is 23.5 Å². The molecule has 12 heavy (non-hydrogen) atoms. The van der Waals surface area contributed by atoms with Gasteiger partial charge in [0.1, 0.15) is 0 Å². The number of amides is 1. The molecule has 0 aromatic carbocycles. The van der Waals surface area contributed by atoms with Gasteiger partial charge in [-0.15, -0.1) is 0 Å². The summed E-state index contributed by atoms with van der Waals surface area (Å²) in [6.45, 7) is 0. The Hall–Kier alpha value is -1.91. The summed E-state index contributed by atoms with van der Waals surface area (Å²) < 4.78 is 0. The second-order valence-corrected chi connectivity index (χ2v) is 2.00. The smallest absolute Gasteiger partial charge is 0.402 e. The summed E-state index contributed by atoms with van der Waals surface area (Å²) in [7, 11) is 0. The molecule has 2 aliphatic heterocycles. The molecule has 0 saturated carbocycles. The Labute approximate surface area is 68.6 Å². The predicted molar refractivity (Wildman–Crippen MR) is 45.4 cm³/mol. The summed E-state index contributed by atoms with van der Waals surface area (Å²) in [5, 5.41) is 7.19. The maximum absolute atomic E-state index is 8.78. The Bertz CT molecular complexity index is 283. The third kappa shape index (κ3) is 2.05. The van der Waals surface area contributed by atoms with Crippen LogP contribution in [0.15, 0.2) is 33.5 Å². The Morgan fingerprint density at radius 1 is 1.25 bits per heavy atom. The number of hydrogen-bond acceptors (Lipinski definition) is 3. The number of primary amides is 1. The first-order valence-electron chi connectivity index (χ1n) is 3.17. The van der Waals surface area contributed by atoms with Crippen molar-refractivity contribution in [2.45, 2.75) is 0 Å². The molecule has 0 fully saturated rings. The Morgan fingerprint density at radius 2 is 1.58 bits per heavy atom. The van der Waals surface area contributed by atoms with Gasteiger partial charge in [-0.2, -0.15) is 0 Å². The van der Waals surface area contributed by atoms with Crippen molar-refractivity contribution in [1.82, 2.24) is 0 Å². The van der Waals surface area contributed by atoms with Gasteiger partial charge in [-0.3, -0.25) is 9.98 Å². The molecule has 2 aliphatic rings. The van der Waals surface area contributed by atoms with Gasteiger partial charge in [0.2, 0.25) is 0 Å². The monoisotopic (exact) mass is 165 g/mol. The minimum atomic E-state index is -1.33. The lowest BCUT2D eigenvalue weighted by Crippen LogP contribution is -2.03.